The summed E-state index contributed by atoms with van der Waals surface area (Å²) in [7, 11) is 0. The fourth-order valence-electron chi connectivity index (χ4n) is 4.19. The molecular weight excluding hydrogens is 427 g/mol. The number of nitrogens with zero attached hydrogens (tertiary/aromatic N) is 2. The molecule has 33 heavy (non-hydrogen) atoms. The molecule has 0 atom stereocenters. The second-order valence-electron chi connectivity index (χ2n) is 7.88. The monoisotopic (exact) mass is 446 g/mol. The summed E-state index contributed by atoms with van der Waals surface area (Å²) in [5.74, 6) is -0.285. The fourth-order valence-corrected chi connectivity index (χ4v) is 4.19. The van der Waals surface area contributed by atoms with Crippen molar-refractivity contribution in [2.75, 3.05) is 6.79 Å². The summed E-state index contributed by atoms with van der Waals surface area (Å²) in [6.07, 6.45) is 0. The maximum absolute atomic E-state index is 14.2. The van der Waals surface area contributed by atoms with E-state index in [1.165, 1.54) is 23.6 Å². The van der Waals surface area contributed by atoms with E-state index in [0.717, 1.165) is 11.1 Å². The number of rotatable bonds is 5. The molecule has 0 amide bonds. The summed E-state index contributed by atoms with van der Waals surface area (Å²) < 4.78 is 26.6. The summed E-state index contributed by atoms with van der Waals surface area (Å²) >= 11 is 0. The first-order valence-corrected chi connectivity index (χ1v) is 10.3. The number of halogens is 1. The molecule has 8 heteroatoms. The Morgan fingerprint density at radius 1 is 1.12 bits per heavy atom. The standard InChI is InChI=1S/C25H19FN2O5/c1-14(29)15-2-4-16(5-3-15)17-6-7-21-22(10-17)28(25(30)23(21)27-31)11-18-8-20(26)9-19-12-32-13-33-24(18)19/h2-10,30H,11-13H2,1H3. The highest BCUT2D eigenvalue weighted by atomic mass is 19.1. The molecule has 0 saturated carbocycles. The number of nitroso groups, excluding NO2 is 1. The number of fused-ring (bicyclic) bond motifs is 2. The SMILES string of the molecule is CC(=O)c1ccc(-c2ccc3c(N=O)c(O)n(Cc4cc(F)cc5c4OCOC5)c3c2)cc1. The second kappa shape index (κ2) is 8.14. The highest BCUT2D eigenvalue weighted by Crippen LogP contribution is 2.41. The molecule has 0 unspecified atom stereocenters. The lowest BCUT2D eigenvalue weighted by atomic mass is 10.0. The molecule has 166 valence electrons. The molecule has 1 N–H and O–H groups in total. The van der Waals surface area contributed by atoms with Crippen LogP contribution in [0.25, 0.3) is 22.0 Å². The van der Waals surface area contributed by atoms with E-state index in [9.17, 15) is 19.2 Å². The Hall–Kier alpha value is -4.04. The lowest BCUT2D eigenvalue weighted by Gasteiger charge is -2.21. The smallest absolute Gasteiger partial charge is 0.222 e. The van der Waals surface area contributed by atoms with Gasteiger partial charge in [-0.1, -0.05) is 30.3 Å². The number of aromatic hydroxyl groups is 1. The lowest BCUT2D eigenvalue weighted by Crippen LogP contribution is -2.14. The summed E-state index contributed by atoms with van der Waals surface area (Å²) in [6.45, 7) is 1.84. The van der Waals surface area contributed by atoms with E-state index in [2.05, 4.69) is 5.18 Å². The minimum atomic E-state index is -0.450. The zero-order valence-corrected chi connectivity index (χ0v) is 17.7. The maximum Gasteiger partial charge on any atom is 0.222 e. The third kappa shape index (κ3) is 3.64. The molecule has 0 aliphatic carbocycles. The van der Waals surface area contributed by atoms with Crippen molar-refractivity contribution in [3.05, 3.63) is 82.0 Å². The van der Waals surface area contributed by atoms with Crippen molar-refractivity contribution in [1.29, 1.82) is 0 Å². The highest BCUT2D eigenvalue weighted by molar-refractivity contribution is 5.98. The molecule has 5 rings (SSSR count). The molecule has 0 bridgehead atoms. The number of hydrogen-bond donors (Lipinski definition) is 1. The number of Topliss-reactive ketones (excluding diaryl/α,β-unsaturated/α-hetero) is 1. The van der Waals surface area contributed by atoms with Crippen LogP contribution in [0, 0.1) is 10.7 Å². The Morgan fingerprint density at radius 3 is 2.61 bits per heavy atom. The molecule has 0 saturated heterocycles. The molecule has 1 aromatic heterocycles. The van der Waals surface area contributed by atoms with Gasteiger partial charge in [0.25, 0.3) is 0 Å². The van der Waals surface area contributed by atoms with Gasteiger partial charge in [0.2, 0.25) is 5.88 Å². The van der Waals surface area contributed by atoms with E-state index >= 15 is 0 Å². The van der Waals surface area contributed by atoms with Crippen molar-refractivity contribution in [3.63, 3.8) is 0 Å². The van der Waals surface area contributed by atoms with Crippen LogP contribution in [-0.4, -0.2) is 22.2 Å². The summed E-state index contributed by atoms with van der Waals surface area (Å²) in [4.78, 5) is 23.1. The summed E-state index contributed by atoms with van der Waals surface area (Å²) in [5.41, 5.74) is 3.84. The molecule has 4 aromatic rings. The van der Waals surface area contributed by atoms with Gasteiger partial charge in [-0.2, -0.15) is 0 Å². The highest BCUT2D eigenvalue weighted by Gasteiger charge is 2.22. The van der Waals surface area contributed by atoms with Gasteiger partial charge in [-0.05, 0) is 47.5 Å². The first-order valence-electron chi connectivity index (χ1n) is 10.3. The molecule has 3 aromatic carbocycles. The van der Waals surface area contributed by atoms with Crippen LogP contribution in [-0.2, 0) is 17.9 Å². The third-order valence-corrected chi connectivity index (χ3v) is 5.81. The Balaban J connectivity index is 1.64. The predicted molar refractivity (Wildman–Crippen MR) is 120 cm³/mol. The van der Waals surface area contributed by atoms with E-state index in [1.807, 2.05) is 24.3 Å². The first-order chi connectivity index (χ1) is 16.0. The van der Waals surface area contributed by atoms with Gasteiger partial charge in [0.05, 0.1) is 18.7 Å². The average Bonchev–Trinajstić information content (AvgIpc) is 3.08. The van der Waals surface area contributed by atoms with Crippen LogP contribution in [0.4, 0.5) is 10.1 Å². The third-order valence-electron chi connectivity index (χ3n) is 5.81. The van der Waals surface area contributed by atoms with Crippen LogP contribution in [0.1, 0.15) is 28.4 Å². The summed E-state index contributed by atoms with van der Waals surface area (Å²) in [6, 6.07) is 15.2. The predicted octanol–water partition coefficient (Wildman–Crippen LogP) is 5.67. The normalized spacial score (nSPS) is 12.9. The molecule has 2 heterocycles. The number of ketones is 1. The fraction of sp³-hybridized carbons (Fsp3) is 0.160. The molecule has 7 nitrogen and oxygen atoms in total. The van der Waals surface area contributed by atoms with Gasteiger partial charge in [-0.25, -0.2) is 4.39 Å². The zero-order chi connectivity index (χ0) is 23.1. The van der Waals surface area contributed by atoms with Gasteiger partial charge in [-0.15, -0.1) is 4.91 Å². The van der Waals surface area contributed by atoms with Crippen LogP contribution in [0.3, 0.4) is 0 Å². The average molecular weight is 446 g/mol. The van der Waals surface area contributed by atoms with E-state index in [-0.39, 0.29) is 37.3 Å². The van der Waals surface area contributed by atoms with E-state index in [4.69, 9.17) is 9.47 Å². The number of carbonyl (C=O) groups is 1. The van der Waals surface area contributed by atoms with Crippen molar-refractivity contribution in [1.82, 2.24) is 4.57 Å². The molecular formula is C25H19FN2O5. The van der Waals surface area contributed by atoms with Crippen molar-refractivity contribution in [2.45, 2.75) is 20.1 Å². The molecule has 1 aliphatic rings. The van der Waals surface area contributed by atoms with Crippen LogP contribution in [0.15, 0.2) is 59.8 Å². The van der Waals surface area contributed by atoms with Crippen LogP contribution >= 0.6 is 0 Å². The minimum absolute atomic E-state index is 0.0245. The minimum Gasteiger partial charge on any atom is -0.493 e. The summed E-state index contributed by atoms with van der Waals surface area (Å²) in [5, 5.41) is 14.3. The Morgan fingerprint density at radius 2 is 1.88 bits per heavy atom. The topological polar surface area (TPSA) is 90.1 Å². The van der Waals surface area contributed by atoms with Gasteiger partial charge in [0.1, 0.15) is 11.6 Å². The van der Waals surface area contributed by atoms with Crippen molar-refractivity contribution in [2.24, 2.45) is 5.18 Å². The van der Waals surface area contributed by atoms with Gasteiger partial charge >= 0.3 is 0 Å². The number of ether oxygens (including phenoxy) is 2. The second-order valence-corrected chi connectivity index (χ2v) is 7.88. The number of carbonyl (C=O) groups excluding carboxylic acids is 1. The molecule has 0 radical (unpaired) electrons. The van der Waals surface area contributed by atoms with Gasteiger partial charge in [0, 0.05) is 22.1 Å². The number of aromatic nitrogens is 1. The van der Waals surface area contributed by atoms with E-state index < -0.39 is 5.82 Å². The number of hydrogen-bond acceptors (Lipinski definition) is 6. The van der Waals surface area contributed by atoms with Gasteiger partial charge < -0.3 is 19.1 Å². The van der Waals surface area contributed by atoms with Gasteiger partial charge in [0.15, 0.2) is 18.3 Å². The largest absolute Gasteiger partial charge is 0.493 e. The van der Waals surface area contributed by atoms with Crippen LogP contribution < -0.4 is 4.74 Å². The Kier molecular flexibility index (Phi) is 5.14. The van der Waals surface area contributed by atoms with Crippen molar-refractivity contribution < 1.29 is 23.8 Å². The molecule has 0 spiro atoms. The molecule has 1 aliphatic heterocycles. The first kappa shape index (κ1) is 20.8. The van der Waals surface area contributed by atoms with Crippen LogP contribution in [0.5, 0.6) is 11.6 Å². The Bertz CT molecular complexity index is 1410. The maximum atomic E-state index is 14.2. The quantitative estimate of drug-likeness (QED) is 0.315. The molecule has 0 fully saturated rings. The van der Waals surface area contributed by atoms with Crippen molar-refractivity contribution >= 4 is 22.4 Å². The van der Waals surface area contributed by atoms with Gasteiger partial charge in [-0.3, -0.25) is 4.79 Å². The number of benzene rings is 3. The van der Waals surface area contributed by atoms with E-state index in [1.54, 1.807) is 18.2 Å². The van der Waals surface area contributed by atoms with Crippen molar-refractivity contribution in [3.8, 4) is 22.8 Å². The van der Waals surface area contributed by atoms with E-state index in [0.29, 0.717) is 33.3 Å². The lowest BCUT2D eigenvalue weighted by molar-refractivity contribution is -0.0173. The zero-order valence-electron chi connectivity index (χ0n) is 17.7. The Labute approximate surface area is 188 Å². The van der Waals surface area contributed by atoms with Crippen LogP contribution in [0.2, 0.25) is 0 Å².